The van der Waals surface area contributed by atoms with E-state index in [0.29, 0.717) is 12.5 Å². The van der Waals surface area contributed by atoms with Crippen molar-refractivity contribution in [3.05, 3.63) is 0 Å². The van der Waals surface area contributed by atoms with E-state index in [1.807, 2.05) is 0 Å². The smallest absolute Gasteiger partial charge is 0.0474 e. The predicted molar refractivity (Wildman–Crippen MR) is 51.4 cm³/mol. The molecule has 2 saturated carbocycles. The summed E-state index contributed by atoms with van der Waals surface area (Å²) in [7, 11) is 0. The molecule has 3 fully saturated rings. The zero-order valence-corrected chi connectivity index (χ0v) is 8.15. The van der Waals surface area contributed by atoms with E-state index < -0.39 is 0 Å². The van der Waals surface area contributed by atoms with Crippen LogP contribution in [0.25, 0.3) is 0 Å². The number of aliphatic hydroxyl groups excluding tert-OH is 1. The van der Waals surface area contributed by atoms with E-state index in [1.165, 1.54) is 38.8 Å². The highest BCUT2D eigenvalue weighted by atomic mass is 16.3. The molecule has 1 aliphatic heterocycles. The lowest BCUT2D eigenvalue weighted by molar-refractivity contribution is 0.234. The number of likely N-dealkylation sites (tertiary alicyclic amines) is 1. The van der Waals surface area contributed by atoms with Crippen molar-refractivity contribution < 1.29 is 5.11 Å². The Bertz CT molecular complexity index is 202. The van der Waals surface area contributed by atoms with E-state index in [0.717, 1.165) is 17.9 Å². The Kier molecular flexibility index (Phi) is 1.88. The van der Waals surface area contributed by atoms with Crippen molar-refractivity contribution in [2.75, 3.05) is 19.7 Å². The maximum absolute atomic E-state index is 9.00. The van der Waals surface area contributed by atoms with Crippen LogP contribution in [0.2, 0.25) is 0 Å². The number of nitrogens with zero attached hydrogens (tertiary/aromatic N) is 1. The molecule has 2 heteroatoms. The van der Waals surface area contributed by atoms with Gasteiger partial charge in [-0.2, -0.15) is 0 Å². The van der Waals surface area contributed by atoms with Crippen LogP contribution in [0, 0.1) is 17.8 Å². The van der Waals surface area contributed by atoms with Crippen LogP contribution in [0.5, 0.6) is 0 Å². The summed E-state index contributed by atoms with van der Waals surface area (Å²) in [6, 6.07) is 0.758. The van der Waals surface area contributed by atoms with Crippen molar-refractivity contribution in [2.45, 2.75) is 31.7 Å². The summed E-state index contributed by atoms with van der Waals surface area (Å²) in [6.45, 7) is 3.06. The lowest BCUT2D eigenvalue weighted by Gasteiger charge is -2.15. The standard InChI is InChI=1S/C11H19NO/c13-7-10-5-11(10)12-4-3-9(6-12)8-1-2-8/h8-11,13H,1-7H2. The average molecular weight is 181 g/mol. The SMILES string of the molecule is OCC1CC1N1CCC(C2CC2)C1. The molecular weight excluding hydrogens is 162 g/mol. The summed E-state index contributed by atoms with van der Waals surface area (Å²) in [5.74, 6) is 2.72. The summed E-state index contributed by atoms with van der Waals surface area (Å²) < 4.78 is 0. The Hall–Kier alpha value is -0.0800. The second-order valence-electron chi connectivity index (χ2n) is 5.13. The van der Waals surface area contributed by atoms with Crippen molar-refractivity contribution in [1.29, 1.82) is 0 Å². The van der Waals surface area contributed by atoms with Gasteiger partial charge in [-0.25, -0.2) is 0 Å². The fourth-order valence-electron chi connectivity index (χ4n) is 2.94. The number of hydrogen-bond donors (Lipinski definition) is 1. The van der Waals surface area contributed by atoms with Gasteiger partial charge in [0.2, 0.25) is 0 Å². The van der Waals surface area contributed by atoms with Gasteiger partial charge in [-0.1, -0.05) is 0 Å². The highest BCUT2D eigenvalue weighted by Gasteiger charge is 2.45. The summed E-state index contributed by atoms with van der Waals surface area (Å²) in [6.07, 6.45) is 5.67. The molecule has 74 valence electrons. The third-order valence-electron chi connectivity index (χ3n) is 4.13. The molecule has 2 nitrogen and oxygen atoms in total. The van der Waals surface area contributed by atoms with Gasteiger partial charge in [0.1, 0.15) is 0 Å². The zero-order chi connectivity index (χ0) is 8.84. The number of rotatable bonds is 3. The lowest BCUT2D eigenvalue weighted by atomic mass is 10.0. The molecule has 0 aromatic carbocycles. The summed E-state index contributed by atoms with van der Waals surface area (Å²) >= 11 is 0. The third kappa shape index (κ3) is 1.50. The largest absolute Gasteiger partial charge is 0.396 e. The second kappa shape index (κ2) is 2.96. The van der Waals surface area contributed by atoms with Gasteiger partial charge in [0.05, 0.1) is 0 Å². The summed E-state index contributed by atoms with van der Waals surface area (Å²) in [5, 5.41) is 9.00. The van der Waals surface area contributed by atoms with E-state index in [2.05, 4.69) is 4.90 Å². The van der Waals surface area contributed by atoms with Crippen LogP contribution in [0.4, 0.5) is 0 Å². The molecule has 0 bridgehead atoms. The fraction of sp³-hybridized carbons (Fsp3) is 1.00. The Morgan fingerprint density at radius 1 is 1.15 bits per heavy atom. The molecule has 0 radical (unpaired) electrons. The average Bonchev–Trinajstić information content (AvgIpc) is 3.06. The van der Waals surface area contributed by atoms with Gasteiger partial charge < -0.3 is 5.11 Å². The molecule has 3 aliphatic rings. The van der Waals surface area contributed by atoms with Crippen LogP contribution in [-0.2, 0) is 0 Å². The molecule has 3 atom stereocenters. The normalized spacial score (nSPS) is 45.5. The van der Waals surface area contributed by atoms with Crippen molar-refractivity contribution in [3.8, 4) is 0 Å². The van der Waals surface area contributed by atoms with Crippen LogP contribution >= 0.6 is 0 Å². The van der Waals surface area contributed by atoms with E-state index in [1.54, 1.807) is 0 Å². The minimum Gasteiger partial charge on any atom is -0.396 e. The Labute approximate surface area is 79.9 Å². The highest BCUT2D eigenvalue weighted by molar-refractivity contribution is 4.99. The molecular formula is C11H19NO. The topological polar surface area (TPSA) is 23.5 Å². The molecule has 0 amide bonds. The first-order valence-electron chi connectivity index (χ1n) is 5.73. The molecule has 0 spiro atoms. The minimum absolute atomic E-state index is 0.412. The van der Waals surface area contributed by atoms with E-state index >= 15 is 0 Å². The Balaban J connectivity index is 1.52. The first kappa shape index (κ1) is 8.25. The van der Waals surface area contributed by atoms with Crippen molar-refractivity contribution in [2.24, 2.45) is 17.8 Å². The van der Waals surface area contributed by atoms with Gasteiger partial charge >= 0.3 is 0 Å². The van der Waals surface area contributed by atoms with Gasteiger partial charge in [0, 0.05) is 19.2 Å². The van der Waals surface area contributed by atoms with Crippen LogP contribution in [0.1, 0.15) is 25.7 Å². The molecule has 1 N–H and O–H groups in total. The van der Waals surface area contributed by atoms with Gasteiger partial charge in [-0.15, -0.1) is 0 Å². The first-order chi connectivity index (χ1) is 6.38. The molecule has 0 aromatic rings. The van der Waals surface area contributed by atoms with Crippen LogP contribution in [0.15, 0.2) is 0 Å². The van der Waals surface area contributed by atoms with Crippen LogP contribution < -0.4 is 0 Å². The van der Waals surface area contributed by atoms with Crippen molar-refractivity contribution in [1.82, 2.24) is 4.90 Å². The maximum atomic E-state index is 9.00. The molecule has 3 unspecified atom stereocenters. The van der Waals surface area contributed by atoms with Gasteiger partial charge in [-0.3, -0.25) is 4.90 Å². The van der Waals surface area contributed by atoms with Crippen molar-refractivity contribution in [3.63, 3.8) is 0 Å². The summed E-state index contributed by atoms with van der Waals surface area (Å²) in [4.78, 5) is 2.63. The highest BCUT2D eigenvalue weighted by Crippen LogP contribution is 2.45. The molecule has 1 saturated heterocycles. The first-order valence-corrected chi connectivity index (χ1v) is 5.73. The number of aliphatic hydroxyl groups is 1. The number of hydrogen-bond acceptors (Lipinski definition) is 2. The molecule has 13 heavy (non-hydrogen) atoms. The molecule has 0 aromatic heterocycles. The quantitative estimate of drug-likeness (QED) is 0.704. The molecule has 1 heterocycles. The van der Waals surface area contributed by atoms with E-state index in [9.17, 15) is 0 Å². The van der Waals surface area contributed by atoms with Crippen LogP contribution in [-0.4, -0.2) is 35.7 Å². The maximum Gasteiger partial charge on any atom is 0.0474 e. The summed E-state index contributed by atoms with van der Waals surface area (Å²) in [5.41, 5.74) is 0. The Morgan fingerprint density at radius 3 is 2.62 bits per heavy atom. The minimum atomic E-state index is 0.412. The molecule has 3 rings (SSSR count). The van der Waals surface area contributed by atoms with Crippen molar-refractivity contribution >= 4 is 0 Å². The van der Waals surface area contributed by atoms with Gasteiger partial charge in [0.25, 0.3) is 0 Å². The van der Waals surface area contributed by atoms with E-state index in [4.69, 9.17) is 5.11 Å². The monoisotopic (exact) mass is 181 g/mol. The lowest BCUT2D eigenvalue weighted by Crippen LogP contribution is -2.25. The third-order valence-corrected chi connectivity index (χ3v) is 4.13. The predicted octanol–water partition coefficient (Wildman–Crippen LogP) is 1.10. The molecule has 2 aliphatic carbocycles. The zero-order valence-electron chi connectivity index (χ0n) is 8.15. The van der Waals surface area contributed by atoms with Gasteiger partial charge in [0.15, 0.2) is 0 Å². The van der Waals surface area contributed by atoms with Gasteiger partial charge in [-0.05, 0) is 50.0 Å². The van der Waals surface area contributed by atoms with E-state index in [-0.39, 0.29) is 0 Å². The Morgan fingerprint density at radius 2 is 2.00 bits per heavy atom. The van der Waals surface area contributed by atoms with Crippen LogP contribution in [0.3, 0.4) is 0 Å². The fourth-order valence-corrected chi connectivity index (χ4v) is 2.94. The second-order valence-corrected chi connectivity index (χ2v) is 5.13.